The maximum atomic E-state index is 12.3. The topological polar surface area (TPSA) is 59.4 Å². The van der Waals surface area contributed by atoms with Crippen LogP contribution in [0, 0.1) is 6.92 Å². The van der Waals surface area contributed by atoms with Crippen LogP contribution in [-0.4, -0.2) is 28.3 Å². The van der Waals surface area contributed by atoms with Gasteiger partial charge in [0.15, 0.2) is 6.10 Å². The molecule has 1 aromatic rings. The highest BCUT2D eigenvalue weighted by molar-refractivity contribution is 5.91. The van der Waals surface area contributed by atoms with Gasteiger partial charge in [0.05, 0.1) is 0 Å². The van der Waals surface area contributed by atoms with E-state index in [1.54, 1.807) is 0 Å². The summed E-state index contributed by atoms with van der Waals surface area (Å²) in [6.45, 7) is 2.24. The van der Waals surface area contributed by atoms with Crippen LogP contribution < -0.4 is 4.74 Å². The molecule has 1 rings (SSSR count). The van der Waals surface area contributed by atoms with E-state index in [0.717, 1.165) is 6.92 Å². The number of rotatable bonds is 3. The Labute approximate surface area is 95.0 Å². The number of halogens is 3. The molecular formula is C10H10F3NO3. The number of hydrogen-bond donors (Lipinski definition) is 1. The van der Waals surface area contributed by atoms with E-state index in [9.17, 15) is 18.0 Å². The van der Waals surface area contributed by atoms with Crippen molar-refractivity contribution >= 4 is 5.97 Å². The van der Waals surface area contributed by atoms with Crippen LogP contribution in [-0.2, 0) is 0 Å². The first-order chi connectivity index (χ1) is 7.73. The van der Waals surface area contributed by atoms with Gasteiger partial charge in [0.2, 0.25) is 5.88 Å². The number of carbonyl (C=O) groups is 1. The molecular weight excluding hydrogens is 239 g/mol. The summed E-state index contributed by atoms with van der Waals surface area (Å²) in [5, 5.41) is 8.86. The highest BCUT2D eigenvalue weighted by Gasteiger charge is 2.39. The van der Waals surface area contributed by atoms with E-state index in [-0.39, 0.29) is 11.1 Å². The van der Waals surface area contributed by atoms with Crippen molar-refractivity contribution in [1.29, 1.82) is 0 Å². The molecule has 1 heterocycles. The largest absolute Gasteiger partial charge is 0.477 e. The number of ether oxygens (including phenoxy) is 1. The summed E-state index contributed by atoms with van der Waals surface area (Å²) in [5.74, 6) is -1.90. The predicted molar refractivity (Wildman–Crippen MR) is 52.1 cm³/mol. The number of alkyl halides is 3. The van der Waals surface area contributed by atoms with Crippen molar-refractivity contribution < 1.29 is 27.8 Å². The Morgan fingerprint density at radius 3 is 2.59 bits per heavy atom. The van der Waals surface area contributed by atoms with Gasteiger partial charge in [-0.3, -0.25) is 0 Å². The molecule has 0 bridgehead atoms. The van der Waals surface area contributed by atoms with Crippen LogP contribution in [0.2, 0.25) is 0 Å². The van der Waals surface area contributed by atoms with Crippen molar-refractivity contribution in [3.63, 3.8) is 0 Å². The molecule has 7 heteroatoms. The molecule has 1 aromatic heterocycles. The Bertz CT molecular complexity index is 431. The SMILES string of the molecule is Cc1ccnc(OC(C)C(F)(F)F)c1C(=O)O. The standard InChI is InChI=1S/C10H10F3NO3/c1-5-3-4-14-8(7(5)9(15)16)17-6(2)10(11,12)13/h3-4,6H,1-2H3,(H,15,16). The summed E-state index contributed by atoms with van der Waals surface area (Å²) < 4.78 is 41.3. The molecule has 94 valence electrons. The molecule has 0 saturated heterocycles. The van der Waals surface area contributed by atoms with Crippen LogP contribution in [0.3, 0.4) is 0 Å². The second-order valence-electron chi connectivity index (χ2n) is 3.41. The molecule has 0 aliphatic rings. The van der Waals surface area contributed by atoms with Gasteiger partial charge in [0.1, 0.15) is 5.56 Å². The molecule has 0 amide bonds. The minimum atomic E-state index is -4.57. The molecule has 1 unspecified atom stereocenters. The van der Waals surface area contributed by atoms with Crippen LogP contribution in [0.4, 0.5) is 13.2 Å². The van der Waals surface area contributed by atoms with Gasteiger partial charge < -0.3 is 9.84 Å². The fraction of sp³-hybridized carbons (Fsp3) is 0.400. The number of nitrogens with zero attached hydrogens (tertiary/aromatic N) is 1. The number of hydrogen-bond acceptors (Lipinski definition) is 3. The van der Waals surface area contributed by atoms with Gasteiger partial charge in [-0.25, -0.2) is 9.78 Å². The molecule has 0 aromatic carbocycles. The maximum Gasteiger partial charge on any atom is 0.425 e. The van der Waals surface area contributed by atoms with Crippen molar-refractivity contribution in [3.8, 4) is 5.88 Å². The van der Waals surface area contributed by atoms with Gasteiger partial charge in [-0.05, 0) is 25.5 Å². The third kappa shape index (κ3) is 3.08. The lowest BCUT2D eigenvalue weighted by atomic mass is 10.1. The lowest BCUT2D eigenvalue weighted by molar-refractivity contribution is -0.190. The second kappa shape index (κ2) is 4.60. The average molecular weight is 249 g/mol. The first kappa shape index (κ1) is 13.3. The quantitative estimate of drug-likeness (QED) is 0.893. The van der Waals surface area contributed by atoms with E-state index in [4.69, 9.17) is 5.11 Å². The number of aromatic nitrogens is 1. The van der Waals surface area contributed by atoms with E-state index >= 15 is 0 Å². The highest BCUT2D eigenvalue weighted by Crippen LogP contribution is 2.26. The second-order valence-corrected chi connectivity index (χ2v) is 3.41. The summed E-state index contributed by atoms with van der Waals surface area (Å²) >= 11 is 0. The first-order valence-corrected chi connectivity index (χ1v) is 4.65. The Kier molecular flexibility index (Phi) is 3.59. The monoisotopic (exact) mass is 249 g/mol. The number of aromatic carboxylic acids is 1. The molecule has 0 aliphatic carbocycles. The molecule has 0 aliphatic heterocycles. The summed E-state index contributed by atoms with van der Waals surface area (Å²) in [5.41, 5.74) is -0.0690. The van der Waals surface area contributed by atoms with Crippen LogP contribution >= 0.6 is 0 Å². The van der Waals surface area contributed by atoms with Gasteiger partial charge in [-0.2, -0.15) is 13.2 Å². The van der Waals surface area contributed by atoms with Crippen LogP contribution in [0.25, 0.3) is 0 Å². The van der Waals surface area contributed by atoms with Gasteiger partial charge in [-0.15, -0.1) is 0 Å². The summed E-state index contributed by atoms with van der Waals surface area (Å²) in [6, 6.07) is 1.38. The molecule has 1 atom stereocenters. The first-order valence-electron chi connectivity index (χ1n) is 4.65. The lowest BCUT2D eigenvalue weighted by Crippen LogP contribution is -2.32. The van der Waals surface area contributed by atoms with Crippen LogP contribution in [0.5, 0.6) is 5.88 Å². The van der Waals surface area contributed by atoms with Crippen LogP contribution in [0.15, 0.2) is 12.3 Å². The number of carboxylic acid groups (broad SMARTS) is 1. The normalized spacial score (nSPS) is 13.2. The Morgan fingerprint density at radius 2 is 2.12 bits per heavy atom. The maximum absolute atomic E-state index is 12.3. The van der Waals surface area contributed by atoms with Crippen molar-refractivity contribution in [2.75, 3.05) is 0 Å². The predicted octanol–water partition coefficient (Wildman–Crippen LogP) is 2.42. The zero-order valence-electron chi connectivity index (χ0n) is 9.08. The average Bonchev–Trinajstić information content (AvgIpc) is 2.15. The molecule has 0 spiro atoms. The molecule has 0 saturated carbocycles. The number of carboxylic acids is 1. The Hall–Kier alpha value is -1.79. The minimum absolute atomic E-state index is 0.289. The fourth-order valence-electron chi connectivity index (χ4n) is 1.12. The third-order valence-corrected chi connectivity index (χ3v) is 2.09. The van der Waals surface area contributed by atoms with E-state index in [0.29, 0.717) is 0 Å². The zero-order valence-corrected chi connectivity index (χ0v) is 9.08. The van der Waals surface area contributed by atoms with Crippen molar-refractivity contribution in [3.05, 3.63) is 23.4 Å². The summed E-state index contributed by atoms with van der Waals surface area (Å²) in [7, 11) is 0. The van der Waals surface area contributed by atoms with E-state index in [1.807, 2.05) is 0 Å². The molecule has 0 fully saturated rings. The van der Waals surface area contributed by atoms with E-state index in [1.165, 1.54) is 19.2 Å². The minimum Gasteiger partial charge on any atom is -0.477 e. The highest BCUT2D eigenvalue weighted by atomic mass is 19.4. The van der Waals surface area contributed by atoms with Crippen molar-refractivity contribution in [2.24, 2.45) is 0 Å². The van der Waals surface area contributed by atoms with Gasteiger partial charge in [0, 0.05) is 6.20 Å². The van der Waals surface area contributed by atoms with Gasteiger partial charge in [0.25, 0.3) is 0 Å². The lowest BCUT2D eigenvalue weighted by Gasteiger charge is -2.18. The molecule has 4 nitrogen and oxygen atoms in total. The smallest absolute Gasteiger partial charge is 0.425 e. The summed E-state index contributed by atoms with van der Waals surface area (Å²) in [6.07, 6.45) is -5.49. The van der Waals surface area contributed by atoms with Gasteiger partial charge >= 0.3 is 12.1 Å². The molecule has 17 heavy (non-hydrogen) atoms. The summed E-state index contributed by atoms with van der Waals surface area (Å²) in [4.78, 5) is 14.4. The Balaban J connectivity index is 3.07. The van der Waals surface area contributed by atoms with E-state index < -0.39 is 24.1 Å². The Morgan fingerprint density at radius 1 is 1.53 bits per heavy atom. The van der Waals surface area contributed by atoms with Crippen molar-refractivity contribution in [2.45, 2.75) is 26.1 Å². The van der Waals surface area contributed by atoms with Gasteiger partial charge in [-0.1, -0.05) is 0 Å². The van der Waals surface area contributed by atoms with Crippen molar-refractivity contribution in [1.82, 2.24) is 4.98 Å². The fourth-order valence-corrected chi connectivity index (χ4v) is 1.12. The number of pyridine rings is 1. The van der Waals surface area contributed by atoms with E-state index in [2.05, 4.69) is 9.72 Å². The number of aryl methyl sites for hydroxylation is 1. The molecule has 1 N–H and O–H groups in total. The molecule has 0 radical (unpaired) electrons. The zero-order chi connectivity index (χ0) is 13.2. The van der Waals surface area contributed by atoms with Crippen LogP contribution in [0.1, 0.15) is 22.8 Å². The third-order valence-electron chi connectivity index (χ3n) is 2.09.